The lowest BCUT2D eigenvalue weighted by atomic mass is 10.1. The fraction of sp³-hybridized carbons (Fsp3) is 0.562. The molecule has 20 heavy (non-hydrogen) atoms. The number of amides is 1. The van der Waals surface area contributed by atoms with Crippen LogP contribution >= 0.6 is 0 Å². The van der Waals surface area contributed by atoms with Gasteiger partial charge in [-0.15, -0.1) is 0 Å². The lowest BCUT2D eigenvalue weighted by Crippen LogP contribution is -2.45. The quantitative estimate of drug-likeness (QED) is 0.867. The van der Waals surface area contributed by atoms with E-state index in [1.165, 1.54) is 0 Å². The van der Waals surface area contributed by atoms with Gasteiger partial charge in [-0.2, -0.15) is 0 Å². The molecule has 3 unspecified atom stereocenters. The molecule has 4 nitrogen and oxygen atoms in total. The molecule has 0 saturated carbocycles. The highest BCUT2D eigenvalue weighted by molar-refractivity contribution is 5.86. The number of hydrogen-bond acceptors (Lipinski definition) is 3. The summed E-state index contributed by atoms with van der Waals surface area (Å²) in [7, 11) is 1.69. The second kappa shape index (κ2) is 6.86. The number of benzene rings is 1. The number of rotatable bonds is 6. The minimum absolute atomic E-state index is 0.0411. The lowest BCUT2D eigenvalue weighted by molar-refractivity contribution is -0.133. The van der Waals surface area contributed by atoms with Crippen LogP contribution in [0.3, 0.4) is 0 Å². The van der Waals surface area contributed by atoms with Gasteiger partial charge in [-0.3, -0.25) is 10.1 Å². The molecule has 1 heterocycles. The Kier molecular flexibility index (Phi) is 5.15. The molecule has 1 aliphatic rings. The van der Waals surface area contributed by atoms with Crippen LogP contribution in [0, 0.1) is 0 Å². The van der Waals surface area contributed by atoms with Crippen LogP contribution < -0.4 is 5.32 Å². The number of methoxy groups -OCH3 is 1. The first kappa shape index (κ1) is 15.0. The Hall–Kier alpha value is -1.39. The Bertz CT molecular complexity index is 429. The van der Waals surface area contributed by atoms with Crippen LogP contribution in [0.4, 0.5) is 0 Å². The maximum Gasteiger partial charge on any atom is 0.245 e. The average molecular weight is 276 g/mol. The second-order valence-electron chi connectivity index (χ2n) is 5.33. The summed E-state index contributed by atoms with van der Waals surface area (Å²) < 4.78 is 5.28. The van der Waals surface area contributed by atoms with Gasteiger partial charge in [0.1, 0.15) is 6.04 Å². The maximum absolute atomic E-state index is 12.7. The average Bonchev–Trinajstić information content (AvgIpc) is 2.75. The minimum atomic E-state index is -0.234. The molecule has 1 saturated heterocycles. The maximum atomic E-state index is 12.7. The van der Waals surface area contributed by atoms with E-state index in [2.05, 4.69) is 12.2 Å². The predicted octanol–water partition coefficient (Wildman–Crippen LogP) is 2.32. The van der Waals surface area contributed by atoms with Crippen LogP contribution in [0.15, 0.2) is 30.3 Å². The summed E-state index contributed by atoms with van der Waals surface area (Å²) in [5, 5.41) is 3.39. The van der Waals surface area contributed by atoms with Crippen LogP contribution in [0.5, 0.6) is 0 Å². The van der Waals surface area contributed by atoms with Gasteiger partial charge < -0.3 is 9.64 Å². The molecule has 2 rings (SSSR count). The summed E-state index contributed by atoms with van der Waals surface area (Å²) in [5.41, 5.74) is 1.03. The summed E-state index contributed by atoms with van der Waals surface area (Å²) >= 11 is 0. The van der Waals surface area contributed by atoms with Gasteiger partial charge in [-0.25, -0.2) is 0 Å². The van der Waals surface area contributed by atoms with E-state index in [4.69, 9.17) is 4.74 Å². The van der Waals surface area contributed by atoms with E-state index in [1.54, 1.807) is 7.11 Å². The smallest absolute Gasteiger partial charge is 0.245 e. The SMILES string of the molecule is CCCC(COC)N1C(=O)C(c2ccccc2)NC1C. The van der Waals surface area contributed by atoms with Crippen LogP contribution in [0.25, 0.3) is 0 Å². The fourth-order valence-corrected chi connectivity index (χ4v) is 2.94. The molecule has 4 heteroatoms. The number of ether oxygens (including phenoxy) is 1. The zero-order chi connectivity index (χ0) is 14.5. The molecule has 0 bridgehead atoms. The molecule has 110 valence electrons. The van der Waals surface area contributed by atoms with Crippen LogP contribution in [0.1, 0.15) is 38.3 Å². The second-order valence-corrected chi connectivity index (χ2v) is 5.33. The van der Waals surface area contributed by atoms with Gasteiger partial charge in [-0.05, 0) is 18.9 Å². The van der Waals surface area contributed by atoms with E-state index >= 15 is 0 Å². The molecule has 0 aliphatic carbocycles. The van der Waals surface area contributed by atoms with Crippen molar-refractivity contribution >= 4 is 5.91 Å². The molecule has 0 aromatic heterocycles. The lowest BCUT2D eigenvalue weighted by Gasteiger charge is -2.30. The van der Waals surface area contributed by atoms with Crippen LogP contribution in [-0.4, -0.2) is 36.7 Å². The summed E-state index contributed by atoms with van der Waals surface area (Å²) in [6, 6.07) is 9.81. The standard InChI is InChI=1S/C16H24N2O2/c1-4-8-14(11-20-3)18-12(2)17-15(16(18)19)13-9-6-5-7-10-13/h5-7,9-10,12,14-15,17H,4,8,11H2,1-3H3. The van der Waals surface area contributed by atoms with Gasteiger partial charge in [0, 0.05) is 7.11 Å². The molecule has 1 aliphatic heterocycles. The van der Waals surface area contributed by atoms with E-state index in [0.29, 0.717) is 6.61 Å². The number of nitrogens with zero attached hydrogens (tertiary/aromatic N) is 1. The molecule has 3 atom stereocenters. The molecule has 0 spiro atoms. The van der Waals surface area contributed by atoms with Gasteiger partial charge in [0.15, 0.2) is 0 Å². The zero-order valence-electron chi connectivity index (χ0n) is 12.5. The minimum Gasteiger partial charge on any atom is -0.383 e. The Morgan fingerprint density at radius 2 is 2.05 bits per heavy atom. The molecule has 1 amide bonds. The molecule has 1 aromatic carbocycles. The highest BCUT2D eigenvalue weighted by Crippen LogP contribution is 2.27. The van der Waals surface area contributed by atoms with E-state index in [-0.39, 0.29) is 24.2 Å². The Morgan fingerprint density at radius 1 is 1.35 bits per heavy atom. The van der Waals surface area contributed by atoms with Crippen LogP contribution in [-0.2, 0) is 9.53 Å². The summed E-state index contributed by atoms with van der Waals surface area (Å²) in [6.45, 7) is 4.77. The third kappa shape index (κ3) is 3.02. The van der Waals surface area contributed by atoms with E-state index in [1.807, 2.05) is 42.2 Å². The van der Waals surface area contributed by atoms with E-state index < -0.39 is 0 Å². The van der Waals surface area contributed by atoms with E-state index in [0.717, 1.165) is 18.4 Å². The zero-order valence-corrected chi connectivity index (χ0v) is 12.5. The van der Waals surface area contributed by atoms with Crippen molar-refractivity contribution in [3.63, 3.8) is 0 Å². The molecule has 1 N–H and O–H groups in total. The normalized spacial score (nSPS) is 24.1. The van der Waals surface area contributed by atoms with Gasteiger partial charge in [0.2, 0.25) is 5.91 Å². The summed E-state index contributed by atoms with van der Waals surface area (Å²) in [5.74, 6) is 0.152. The highest BCUT2D eigenvalue weighted by Gasteiger charge is 2.40. The topological polar surface area (TPSA) is 41.6 Å². The van der Waals surface area contributed by atoms with Crippen LogP contribution in [0.2, 0.25) is 0 Å². The highest BCUT2D eigenvalue weighted by atomic mass is 16.5. The fourth-order valence-electron chi connectivity index (χ4n) is 2.94. The summed E-state index contributed by atoms with van der Waals surface area (Å²) in [4.78, 5) is 14.7. The van der Waals surface area contributed by atoms with Crippen molar-refractivity contribution in [2.45, 2.75) is 44.9 Å². The number of hydrogen-bond donors (Lipinski definition) is 1. The summed E-state index contributed by atoms with van der Waals surface area (Å²) in [6.07, 6.45) is 2.05. The molecular weight excluding hydrogens is 252 g/mol. The molecular formula is C16H24N2O2. The number of nitrogens with one attached hydrogen (secondary N) is 1. The Labute approximate surface area is 121 Å². The van der Waals surface area contributed by atoms with Gasteiger partial charge in [0.25, 0.3) is 0 Å². The van der Waals surface area contributed by atoms with Crippen molar-refractivity contribution in [3.05, 3.63) is 35.9 Å². The van der Waals surface area contributed by atoms with Crippen molar-refractivity contribution in [1.82, 2.24) is 10.2 Å². The third-order valence-electron chi connectivity index (χ3n) is 3.83. The van der Waals surface area contributed by atoms with Gasteiger partial charge in [0.05, 0.1) is 18.8 Å². The van der Waals surface area contributed by atoms with Gasteiger partial charge >= 0.3 is 0 Å². The van der Waals surface area contributed by atoms with Crippen molar-refractivity contribution in [3.8, 4) is 0 Å². The van der Waals surface area contributed by atoms with Crippen molar-refractivity contribution in [2.75, 3.05) is 13.7 Å². The van der Waals surface area contributed by atoms with Gasteiger partial charge in [-0.1, -0.05) is 43.7 Å². The monoisotopic (exact) mass is 276 g/mol. The van der Waals surface area contributed by atoms with E-state index in [9.17, 15) is 4.79 Å². The number of carbonyl (C=O) groups excluding carboxylic acids is 1. The Morgan fingerprint density at radius 3 is 2.65 bits per heavy atom. The predicted molar refractivity (Wildman–Crippen MR) is 79.2 cm³/mol. The first-order valence-electron chi connectivity index (χ1n) is 7.31. The largest absolute Gasteiger partial charge is 0.383 e. The molecule has 1 aromatic rings. The molecule has 1 fully saturated rings. The van der Waals surface area contributed by atoms with Crippen molar-refractivity contribution in [2.24, 2.45) is 0 Å². The first-order valence-corrected chi connectivity index (χ1v) is 7.31. The number of carbonyl (C=O) groups is 1. The Balaban J connectivity index is 2.17. The molecule has 0 radical (unpaired) electrons. The van der Waals surface area contributed by atoms with Crippen molar-refractivity contribution < 1.29 is 9.53 Å². The third-order valence-corrected chi connectivity index (χ3v) is 3.83. The first-order chi connectivity index (χ1) is 9.69. The van der Waals surface area contributed by atoms with Crippen molar-refractivity contribution in [1.29, 1.82) is 0 Å².